The van der Waals surface area contributed by atoms with E-state index >= 15 is 0 Å². The van der Waals surface area contributed by atoms with Crippen molar-refractivity contribution in [3.05, 3.63) is 0 Å². The zero-order chi connectivity index (χ0) is 22.2. The third-order valence-electron chi connectivity index (χ3n) is 5.10. The molecule has 2 atom stereocenters. The number of ketones is 1. The average Bonchev–Trinajstić information content (AvgIpc) is 3.32. The van der Waals surface area contributed by atoms with Gasteiger partial charge in [-0.1, -0.05) is 13.8 Å². The van der Waals surface area contributed by atoms with Gasteiger partial charge in [-0.3, -0.25) is 14.4 Å². The quantitative estimate of drug-likeness (QED) is 0.290. The Morgan fingerprint density at radius 1 is 0.800 bits per heavy atom. The molecule has 1 fully saturated rings. The molecular weight excluding hydrogens is 392 g/mol. The van der Waals surface area contributed by atoms with Gasteiger partial charge in [-0.2, -0.15) is 0 Å². The summed E-state index contributed by atoms with van der Waals surface area (Å²) in [4.78, 5) is 34.4. The fraction of sp³-hybridized carbons (Fsp3) is 0.857. The molecule has 2 amide bonds. The molecule has 0 aromatic rings. The van der Waals surface area contributed by atoms with Gasteiger partial charge in [0.25, 0.3) is 0 Å². The van der Waals surface area contributed by atoms with E-state index in [0.717, 1.165) is 6.42 Å². The van der Waals surface area contributed by atoms with Crippen LogP contribution in [0.3, 0.4) is 0 Å². The molecule has 0 aromatic heterocycles. The SMILES string of the molecule is CC(=O)CCOCCOCCOCCOCCNC(=O)CCNC(=O)C1(C)CC1C. The van der Waals surface area contributed by atoms with Crippen LogP contribution in [0.15, 0.2) is 0 Å². The number of amides is 2. The first-order valence-corrected chi connectivity index (χ1v) is 10.7. The van der Waals surface area contributed by atoms with Crippen LogP contribution in [0.5, 0.6) is 0 Å². The molecule has 0 radical (unpaired) electrons. The van der Waals surface area contributed by atoms with E-state index in [9.17, 15) is 14.4 Å². The summed E-state index contributed by atoms with van der Waals surface area (Å²) < 4.78 is 21.3. The molecule has 1 aliphatic carbocycles. The van der Waals surface area contributed by atoms with E-state index in [1.165, 1.54) is 6.92 Å². The molecule has 2 unspecified atom stereocenters. The molecule has 0 heterocycles. The first-order valence-electron chi connectivity index (χ1n) is 10.7. The highest BCUT2D eigenvalue weighted by Gasteiger charge is 2.52. The molecule has 0 bridgehead atoms. The van der Waals surface area contributed by atoms with E-state index in [-0.39, 0.29) is 29.4 Å². The molecule has 174 valence electrons. The van der Waals surface area contributed by atoms with Gasteiger partial charge < -0.3 is 29.6 Å². The summed E-state index contributed by atoms with van der Waals surface area (Å²) in [6, 6.07) is 0. The maximum atomic E-state index is 11.9. The van der Waals surface area contributed by atoms with Gasteiger partial charge in [-0.05, 0) is 19.3 Å². The van der Waals surface area contributed by atoms with Crippen molar-refractivity contribution in [2.24, 2.45) is 11.3 Å². The Labute approximate surface area is 179 Å². The molecule has 30 heavy (non-hydrogen) atoms. The predicted octanol–water partition coefficient (Wildman–Crippen LogP) is 0.701. The highest BCUT2D eigenvalue weighted by molar-refractivity contribution is 5.86. The Kier molecular flexibility index (Phi) is 13.5. The van der Waals surface area contributed by atoms with Crippen molar-refractivity contribution in [1.82, 2.24) is 10.6 Å². The van der Waals surface area contributed by atoms with Gasteiger partial charge in [-0.15, -0.1) is 0 Å². The standard InChI is InChI=1S/C21H38N2O7/c1-17-16-21(17,3)20(26)23-6-4-19(25)22-7-9-28-11-13-30-15-14-29-12-10-27-8-5-18(2)24/h17H,4-16H2,1-3H3,(H,22,25)(H,23,26). The molecular formula is C21H38N2O7. The van der Waals surface area contributed by atoms with Crippen LogP contribution in [0.4, 0.5) is 0 Å². The van der Waals surface area contributed by atoms with E-state index in [1.807, 2.05) is 6.92 Å². The predicted molar refractivity (Wildman–Crippen MR) is 111 cm³/mol. The van der Waals surface area contributed by atoms with Crippen LogP contribution >= 0.6 is 0 Å². The molecule has 0 saturated heterocycles. The summed E-state index contributed by atoms with van der Waals surface area (Å²) in [6.45, 7) is 9.95. The molecule has 1 rings (SSSR count). The van der Waals surface area contributed by atoms with E-state index in [2.05, 4.69) is 17.6 Å². The molecule has 1 aliphatic rings. The summed E-state index contributed by atoms with van der Waals surface area (Å²) in [5, 5.41) is 5.58. The largest absolute Gasteiger partial charge is 0.379 e. The minimum Gasteiger partial charge on any atom is -0.379 e. The van der Waals surface area contributed by atoms with Gasteiger partial charge in [0.15, 0.2) is 0 Å². The molecule has 9 heteroatoms. The number of nitrogens with one attached hydrogen (secondary N) is 2. The number of carbonyl (C=O) groups is 3. The third kappa shape index (κ3) is 12.2. The Morgan fingerprint density at radius 3 is 1.80 bits per heavy atom. The molecule has 2 N–H and O–H groups in total. The second kappa shape index (κ2) is 15.3. The Morgan fingerprint density at radius 2 is 1.30 bits per heavy atom. The number of hydrogen-bond acceptors (Lipinski definition) is 7. The summed E-state index contributed by atoms with van der Waals surface area (Å²) in [5.74, 6) is 0.470. The number of rotatable bonds is 19. The van der Waals surface area contributed by atoms with Crippen molar-refractivity contribution in [2.45, 2.75) is 40.0 Å². The normalized spacial score (nSPS) is 20.0. The van der Waals surface area contributed by atoms with Gasteiger partial charge in [0, 0.05) is 31.3 Å². The topological polar surface area (TPSA) is 112 Å². The molecule has 1 saturated carbocycles. The fourth-order valence-electron chi connectivity index (χ4n) is 2.71. The first-order chi connectivity index (χ1) is 14.4. The summed E-state index contributed by atoms with van der Waals surface area (Å²) >= 11 is 0. The van der Waals surface area contributed by atoms with Crippen molar-refractivity contribution in [1.29, 1.82) is 0 Å². The van der Waals surface area contributed by atoms with Crippen LogP contribution in [-0.4, -0.2) is 83.5 Å². The van der Waals surface area contributed by atoms with Crippen LogP contribution < -0.4 is 10.6 Å². The highest BCUT2D eigenvalue weighted by atomic mass is 16.6. The second-order valence-electron chi connectivity index (χ2n) is 7.78. The van der Waals surface area contributed by atoms with Crippen LogP contribution in [-0.2, 0) is 33.3 Å². The van der Waals surface area contributed by atoms with Crippen LogP contribution in [0.1, 0.15) is 40.0 Å². The van der Waals surface area contributed by atoms with E-state index < -0.39 is 0 Å². The number of Topliss-reactive ketones (excluding diaryl/α,β-unsaturated/α-hetero) is 1. The molecule has 9 nitrogen and oxygen atoms in total. The number of hydrogen-bond donors (Lipinski definition) is 2. The lowest BCUT2D eigenvalue weighted by atomic mass is 10.1. The summed E-state index contributed by atoms with van der Waals surface area (Å²) in [6.07, 6.45) is 1.61. The molecule has 0 aromatic carbocycles. The van der Waals surface area contributed by atoms with Crippen molar-refractivity contribution >= 4 is 17.6 Å². The van der Waals surface area contributed by atoms with Crippen molar-refractivity contribution in [3.8, 4) is 0 Å². The summed E-state index contributed by atoms with van der Waals surface area (Å²) in [7, 11) is 0. The Balaban J connectivity index is 1.77. The lowest BCUT2D eigenvalue weighted by Crippen LogP contribution is -2.35. The summed E-state index contributed by atoms with van der Waals surface area (Å²) in [5.41, 5.74) is -0.246. The lowest BCUT2D eigenvalue weighted by Gasteiger charge is -2.11. The smallest absolute Gasteiger partial charge is 0.226 e. The monoisotopic (exact) mass is 430 g/mol. The fourth-order valence-corrected chi connectivity index (χ4v) is 2.71. The van der Waals surface area contributed by atoms with Crippen LogP contribution in [0, 0.1) is 11.3 Å². The Hall–Kier alpha value is -1.55. The zero-order valence-electron chi connectivity index (χ0n) is 18.6. The minimum absolute atomic E-state index is 0.0366. The minimum atomic E-state index is -0.246. The molecule has 0 spiro atoms. The van der Waals surface area contributed by atoms with Gasteiger partial charge in [-0.25, -0.2) is 0 Å². The van der Waals surface area contributed by atoms with Gasteiger partial charge >= 0.3 is 0 Å². The Bertz CT molecular complexity index is 529. The van der Waals surface area contributed by atoms with Crippen molar-refractivity contribution in [3.63, 3.8) is 0 Å². The van der Waals surface area contributed by atoms with E-state index in [1.54, 1.807) is 0 Å². The zero-order valence-corrected chi connectivity index (χ0v) is 18.6. The van der Waals surface area contributed by atoms with Crippen LogP contribution in [0.2, 0.25) is 0 Å². The number of carbonyl (C=O) groups excluding carboxylic acids is 3. The van der Waals surface area contributed by atoms with Gasteiger partial charge in [0.05, 0.1) is 52.9 Å². The average molecular weight is 431 g/mol. The maximum Gasteiger partial charge on any atom is 0.226 e. The molecule has 0 aliphatic heterocycles. The third-order valence-corrected chi connectivity index (χ3v) is 5.10. The van der Waals surface area contributed by atoms with Gasteiger partial charge in [0.2, 0.25) is 11.8 Å². The van der Waals surface area contributed by atoms with Gasteiger partial charge in [0.1, 0.15) is 5.78 Å². The highest BCUT2D eigenvalue weighted by Crippen LogP contribution is 2.51. The number of ether oxygens (including phenoxy) is 4. The van der Waals surface area contributed by atoms with Crippen LogP contribution in [0.25, 0.3) is 0 Å². The first kappa shape index (κ1) is 26.5. The maximum absolute atomic E-state index is 11.9. The van der Waals surface area contributed by atoms with E-state index in [0.29, 0.717) is 78.3 Å². The van der Waals surface area contributed by atoms with Crippen molar-refractivity contribution in [2.75, 3.05) is 65.9 Å². The second-order valence-corrected chi connectivity index (χ2v) is 7.78. The van der Waals surface area contributed by atoms with E-state index in [4.69, 9.17) is 18.9 Å². The van der Waals surface area contributed by atoms with Crippen molar-refractivity contribution < 1.29 is 33.3 Å². The lowest BCUT2D eigenvalue weighted by molar-refractivity contribution is -0.126.